The van der Waals surface area contributed by atoms with Crippen molar-refractivity contribution in [2.24, 2.45) is 23.3 Å². The molecular formula is C41H76N10O12. The number of unbranched alkanes of at least 4 members (excludes halogenated alkanes) is 9. The average Bonchev–Trinajstić information content (AvgIpc) is 3.19. The maximum atomic E-state index is 13.6. The van der Waals surface area contributed by atoms with Gasteiger partial charge in [0.25, 0.3) is 0 Å². The molecule has 362 valence electrons. The van der Waals surface area contributed by atoms with Crippen LogP contribution in [-0.4, -0.2) is 135 Å². The van der Waals surface area contributed by atoms with E-state index in [0.717, 1.165) is 57.8 Å². The maximum absolute atomic E-state index is 13.6. The Balaban J connectivity index is 5.29. The highest BCUT2D eigenvalue weighted by Gasteiger charge is 2.36. The first-order chi connectivity index (χ1) is 29.5. The molecule has 0 aliphatic heterocycles. The Morgan fingerprint density at radius 1 is 0.556 bits per heavy atom. The van der Waals surface area contributed by atoms with Crippen LogP contribution in [0.25, 0.3) is 0 Å². The van der Waals surface area contributed by atoms with Gasteiger partial charge in [-0.1, -0.05) is 85.5 Å². The number of carboxylic acid groups (broad SMARTS) is 1. The van der Waals surface area contributed by atoms with E-state index < -0.39 is 114 Å². The standard InChI is InChI=1S/C41H76N10O12/c1-23(2)32(49-36(58)29(22-52)47-31(56)21-27(54)17-15-13-11-9-7-8-10-12-14-16-20-45-41(43)44)37(59)50-33(24(3)4)38(60)51-34(26(6)53)39(61)48-28(18-19-30(42)55)35(57)46-25(5)40(62)63/h23-29,32-34,52-54H,7-22H2,1-6H3,(H2,42,55)(H,46,57)(H,47,56)(H,48,61)(H,49,58)(H,50,59)(H,51,60)(H,62,63)(H4,43,44,45). The van der Waals surface area contributed by atoms with Gasteiger partial charge in [0, 0.05) is 13.0 Å². The molecule has 0 radical (unpaired) electrons. The summed E-state index contributed by atoms with van der Waals surface area (Å²) in [6, 6.07) is -8.62. The van der Waals surface area contributed by atoms with Crippen LogP contribution in [0.5, 0.6) is 0 Å². The van der Waals surface area contributed by atoms with Crippen LogP contribution in [-0.2, 0) is 38.4 Å². The third-order valence-electron chi connectivity index (χ3n) is 10.1. The first kappa shape index (κ1) is 57.9. The van der Waals surface area contributed by atoms with Crippen LogP contribution < -0.4 is 48.7 Å². The summed E-state index contributed by atoms with van der Waals surface area (Å²) in [5.74, 6) is -8.75. The van der Waals surface area contributed by atoms with Crippen molar-refractivity contribution in [2.75, 3.05) is 13.2 Å². The summed E-state index contributed by atoms with van der Waals surface area (Å²) < 4.78 is 0. The Bertz CT molecular complexity index is 1480. The molecule has 0 aliphatic rings. The molecule has 0 aromatic heterocycles. The molecule has 0 fully saturated rings. The fourth-order valence-electron chi connectivity index (χ4n) is 6.31. The number of aliphatic hydroxyl groups is 3. The molecule has 22 nitrogen and oxygen atoms in total. The molecular weight excluding hydrogens is 825 g/mol. The lowest BCUT2D eigenvalue weighted by atomic mass is 9.98. The van der Waals surface area contributed by atoms with Crippen molar-refractivity contribution >= 4 is 53.3 Å². The van der Waals surface area contributed by atoms with Gasteiger partial charge in [0.2, 0.25) is 41.4 Å². The van der Waals surface area contributed by atoms with Crippen LogP contribution in [0.1, 0.15) is 131 Å². The Morgan fingerprint density at radius 3 is 1.44 bits per heavy atom. The predicted molar refractivity (Wildman–Crippen MR) is 233 cm³/mol. The number of aliphatic carboxylic acids is 1. The van der Waals surface area contributed by atoms with Crippen molar-refractivity contribution in [1.29, 1.82) is 5.41 Å². The Labute approximate surface area is 370 Å². The Hall–Kier alpha value is -5.09. The number of aliphatic hydroxyl groups excluding tert-OH is 3. The minimum atomic E-state index is -1.70. The molecule has 0 heterocycles. The number of carbonyl (C=O) groups excluding carboxylic acids is 7. The fourth-order valence-corrected chi connectivity index (χ4v) is 6.31. The molecule has 0 saturated carbocycles. The number of nitrogens with one attached hydrogen (secondary N) is 8. The summed E-state index contributed by atoms with van der Waals surface area (Å²) in [6.45, 7) is 8.61. The summed E-state index contributed by atoms with van der Waals surface area (Å²) >= 11 is 0. The van der Waals surface area contributed by atoms with Gasteiger partial charge in [-0.3, -0.25) is 43.8 Å². The minimum Gasteiger partial charge on any atom is -0.480 e. The van der Waals surface area contributed by atoms with E-state index in [-0.39, 0.29) is 25.2 Å². The SMILES string of the molecule is CC(NC(=O)C(CCC(N)=O)NC(=O)C(NC(=O)C(NC(=O)C(NC(=O)C(CO)NC(=O)CC(O)CCCCCCCCCCCCNC(=N)N)C(C)C)C(C)C)C(C)O)C(=O)O. The van der Waals surface area contributed by atoms with E-state index in [4.69, 9.17) is 22.0 Å². The number of hydrogen-bond donors (Lipinski definition) is 14. The Morgan fingerprint density at radius 2 is 1.00 bits per heavy atom. The number of rotatable bonds is 34. The van der Waals surface area contributed by atoms with Gasteiger partial charge in [0.1, 0.15) is 36.3 Å². The van der Waals surface area contributed by atoms with Crippen molar-refractivity contribution < 1.29 is 58.8 Å². The number of carbonyl (C=O) groups is 8. The average molecular weight is 901 g/mol. The molecule has 8 atom stereocenters. The highest BCUT2D eigenvalue weighted by atomic mass is 16.4. The zero-order valence-corrected chi connectivity index (χ0v) is 37.8. The van der Waals surface area contributed by atoms with Gasteiger partial charge in [-0.2, -0.15) is 0 Å². The van der Waals surface area contributed by atoms with Crippen molar-refractivity contribution in [3.63, 3.8) is 0 Å². The lowest BCUT2D eigenvalue weighted by Crippen LogP contribution is -2.62. The topological polar surface area (TPSA) is 378 Å². The molecule has 0 aromatic rings. The number of amides is 7. The van der Waals surface area contributed by atoms with Crippen LogP contribution in [0, 0.1) is 17.2 Å². The van der Waals surface area contributed by atoms with Crippen molar-refractivity contribution in [1.82, 2.24) is 37.2 Å². The van der Waals surface area contributed by atoms with E-state index >= 15 is 0 Å². The third-order valence-corrected chi connectivity index (χ3v) is 10.1. The lowest BCUT2D eigenvalue weighted by molar-refractivity contribution is -0.142. The smallest absolute Gasteiger partial charge is 0.325 e. The van der Waals surface area contributed by atoms with Gasteiger partial charge in [0.15, 0.2) is 5.96 Å². The van der Waals surface area contributed by atoms with E-state index in [2.05, 4.69) is 37.2 Å². The zero-order chi connectivity index (χ0) is 48.2. The van der Waals surface area contributed by atoms with Crippen molar-refractivity contribution in [3.8, 4) is 0 Å². The summed E-state index contributed by atoms with van der Waals surface area (Å²) in [6.07, 6.45) is 7.13. The fraction of sp³-hybridized carbons (Fsp3) is 0.780. The Kier molecular flexibility index (Phi) is 29.1. The number of primary amides is 1. The highest BCUT2D eigenvalue weighted by Crippen LogP contribution is 2.14. The molecule has 0 aliphatic carbocycles. The normalized spacial score (nSPS) is 15.0. The van der Waals surface area contributed by atoms with Gasteiger partial charge in [-0.15, -0.1) is 0 Å². The predicted octanol–water partition coefficient (Wildman–Crippen LogP) is -1.52. The van der Waals surface area contributed by atoms with E-state index in [1.807, 2.05) is 0 Å². The van der Waals surface area contributed by atoms with Gasteiger partial charge >= 0.3 is 5.97 Å². The molecule has 22 heteroatoms. The van der Waals surface area contributed by atoms with E-state index in [1.54, 1.807) is 27.7 Å². The molecule has 0 bridgehead atoms. The first-order valence-corrected chi connectivity index (χ1v) is 21.9. The maximum Gasteiger partial charge on any atom is 0.325 e. The molecule has 16 N–H and O–H groups in total. The van der Waals surface area contributed by atoms with Crippen molar-refractivity contribution in [2.45, 2.75) is 180 Å². The number of nitrogens with two attached hydrogens (primary N) is 2. The van der Waals surface area contributed by atoms with Gasteiger partial charge in [-0.25, -0.2) is 0 Å². The first-order valence-electron chi connectivity index (χ1n) is 21.9. The summed E-state index contributed by atoms with van der Waals surface area (Å²) in [7, 11) is 0. The molecule has 63 heavy (non-hydrogen) atoms. The summed E-state index contributed by atoms with van der Waals surface area (Å²) in [5.41, 5.74) is 10.5. The minimum absolute atomic E-state index is 0.00911. The molecule has 0 aromatic carbocycles. The summed E-state index contributed by atoms with van der Waals surface area (Å²) in [4.78, 5) is 102. The second-order valence-corrected chi connectivity index (χ2v) is 16.6. The zero-order valence-electron chi connectivity index (χ0n) is 37.8. The largest absolute Gasteiger partial charge is 0.480 e. The van der Waals surface area contributed by atoms with Gasteiger partial charge in [0.05, 0.1) is 25.2 Å². The molecule has 8 unspecified atom stereocenters. The van der Waals surface area contributed by atoms with Gasteiger partial charge < -0.3 is 69.1 Å². The van der Waals surface area contributed by atoms with Crippen LogP contribution >= 0.6 is 0 Å². The number of hydrogen-bond acceptors (Lipinski definition) is 12. The third kappa shape index (κ3) is 25.6. The second-order valence-electron chi connectivity index (χ2n) is 16.6. The summed E-state index contributed by atoms with van der Waals surface area (Å²) in [5, 5.41) is 64.2. The highest BCUT2D eigenvalue weighted by molar-refractivity contribution is 5.97. The van der Waals surface area contributed by atoms with Crippen LogP contribution in [0.15, 0.2) is 0 Å². The lowest BCUT2D eigenvalue weighted by Gasteiger charge is -2.30. The second kappa shape index (κ2) is 31.7. The molecule has 7 amide bonds. The molecule has 0 saturated heterocycles. The van der Waals surface area contributed by atoms with E-state index in [1.165, 1.54) is 13.8 Å². The molecule has 0 spiro atoms. The van der Waals surface area contributed by atoms with Crippen LogP contribution in [0.2, 0.25) is 0 Å². The quantitative estimate of drug-likeness (QED) is 0.0198. The number of carboxylic acids is 1. The van der Waals surface area contributed by atoms with Crippen molar-refractivity contribution in [3.05, 3.63) is 0 Å². The monoisotopic (exact) mass is 901 g/mol. The molecule has 0 rings (SSSR count). The van der Waals surface area contributed by atoms with Crippen LogP contribution in [0.4, 0.5) is 0 Å². The van der Waals surface area contributed by atoms with E-state index in [9.17, 15) is 53.7 Å². The van der Waals surface area contributed by atoms with Crippen LogP contribution in [0.3, 0.4) is 0 Å². The van der Waals surface area contributed by atoms with Gasteiger partial charge in [-0.05, 0) is 44.9 Å². The number of guanidine groups is 1. The van der Waals surface area contributed by atoms with E-state index in [0.29, 0.717) is 19.4 Å².